The Morgan fingerprint density at radius 2 is 1.79 bits per heavy atom. The topological polar surface area (TPSA) is 121 Å². The number of hydrogen-bond acceptors (Lipinski definition) is 6. The van der Waals surface area contributed by atoms with Crippen LogP contribution >= 0.6 is 0 Å². The van der Waals surface area contributed by atoms with Gasteiger partial charge < -0.3 is 10.2 Å². The van der Waals surface area contributed by atoms with Gasteiger partial charge in [-0.3, -0.25) is 9.59 Å². The summed E-state index contributed by atoms with van der Waals surface area (Å²) >= 11 is 0. The van der Waals surface area contributed by atoms with Crippen molar-refractivity contribution >= 4 is 39.2 Å². The van der Waals surface area contributed by atoms with Crippen LogP contribution in [0.15, 0.2) is 65.7 Å². The standard InChI is InChI=1S/C23H23N5O4S/c1-15-5-3-4-6-20(15)28-14-17(13-21(28)29)22(30)26-18-7-9-19(10-8-18)33(31,32)27-23-24-12-11-16(2)25-23/h3-12,17H,13-14H2,1-2H3,(H,26,30)(H,24,25,27). The number of amides is 2. The van der Waals surface area contributed by atoms with Gasteiger partial charge in [0.25, 0.3) is 10.0 Å². The molecule has 0 spiro atoms. The predicted molar refractivity (Wildman–Crippen MR) is 124 cm³/mol. The largest absolute Gasteiger partial charge is 0.326 e. The first-order valence-corrected chi connectivity index (χ1v) is 11.8. The van der Waals surface area contributed by atoms with Crippen molar-refractivity contribution in [3.63, 3.8) is 0 Å². The number of hydrogen-bond donors (Lipinski definition) is 2. The molecular weight excluding hydrogens is 442 g/mol. The second-order valence-electron chi connectivity index (χ2n) is 7.83. The van der Waals surface area contributed by atoms with Crippen molar-refractivity contribution in [2.75, 3.05) is 21.5 Å². The first kappa shape index (κ1) is 22.4. The molecule has 10 heteroatoms. The summed E-state index contributed by atoms with van der Waals surface area (Å²) in [5.74, 6) is -0.909. The molecule has 0 saturated carbocycles. The number of sulfonamides is 1. The van der Waals surface area contributed by atoms with E-state index < -0.39 is 15.9 Å². The second kappa shape index (κ2) is 8.99. The van der Waals surface area contributed by atoms with Gasteiger partial charge in [0.1, 0.15) is 0 Å². The minimum absolute atomic E-state index is 0.00683. The van der Waals surface area contributed by atoms with Gasteiger partial charge in [0, 0.05) is 36.2 Å². The highest BCUT2D eigenvalue weighted by Gasteiger charge is 2.35. The summed E-state index contributed by atoms with van der Waals surface area (Å²) in [6.07, 6.45) is 1.58. The fourth-order valence-corrected chi connectivity index (χ4v) is 4.57. The van der Waals surface area contributed by atoms with Crippen LogP contribution in [0, 0.1) is 19.8 Å². The monoisotopic (exact) mass is 465 g/mol. The molecule has 0 radical (unpaired) electrons. The Morgan fingerprint density at radius 3 is 2.48 bits per heavy atom. The van der Waals surface area contributed by atoms with Crippen LogP contribution in [0.25, 0.3) is 0 Å². The SMILES string of the molecule is Cc1ccnc(NS(=O)(=O)c2ccc(NC(=O)C3CC(=O)N(c4ccccc4C)C3)cc2)n1. The van der Waals surface area contributed by atoms with Crippen LogP contribution in [-0.4, -0.2) is 36.7 Å². The summed E-state index contributed by atoms with van der Waals surface area (Å²) < 4.78 is 27.5. The number of anilines is 3. The highest BCUT2D eigenvalue weighted by Crippen LogP contribution is 2.28. The molecule has 1 aromatic heterocycles. The normalized spacial score (nSPS) is 16.0. The second-order valence-corrected chi connectivity index (χ2v) is 9.52. The van der Waals surface area contributed by atoms with E-state index in [0.29, 0.717) is 17.9 Å². The van der Waals surface area contributed by atoms with Crippen LogP contribution < -0.4 is 14.9 Å². The van der Waals surface area contributed by atoms with E-state index in [4.69, 9.17) is 0 Å². The molecule has 1 aliphatic rings. The number of aryl methyl sites for hydroxylation is 2. The first-order valence-electron chi connectivity index (χ1n) is 10.3. The van der Waals surface area contributed by atoms with Gasteiger partial charge in [0.05, 0.1) is 10.8 Å². The zero-order chi connectivity index (χ0) is 23.6. The maximum absolute atomic E-state index is 12.7. The number of nitrogens with zero attached hydrogens (tertiary/aromatic N) is 3. The summed E-state index contributed by atoms with van der Waals surface area (Å²) in [4.78, 5) is 34.8. The van der Waals surface area contributed by atoms with Crippen molar-refractivity contribution in [1.82, 2.24) is 9.97 Å². The molecule has 9 nitrogen and oxygen atoms in total. The van der Waals surface area contributed by atoms with Gasteiger partial charge in [0.2, 0.25) is 17.8 Å². The van der Waals surface area contributed by atoms with Crippen LogP contribution in [0.5, 0.6) is 0 Å². The number of nitrogens with one attached hydrogen (secondary N) is 2. The summed E-state index contributed by atoms with van der Waals surface area (Å²) in [6, 6.07) is 15.0. The average Bonchev–Trinajstić information content (AvgIpc) is 3.16. The van der Waals surface area contributed by atoms with E-state index in [1.54, 1.807) is 17.9 Å². The molecule has 1 saturated heterocycles. The minimum Gasteiger partial charge on any atom is -0.326 e. The van der Waals surface area contributed by atoms with Crippen molar-refractivity contribution in [1.29, 1.82) is 0 Å². The maximum Gasteiger partial charge on any atom is 0.264 e. The van der Waals surface area contributed by atoms with Crippen LogP contribution in [0.4, 0.5) is 17.3 Å². The summed E-state index contributed by atoms with van der Waals surface area (Å²) in [6.45, 7) is 3.95. The first-order chi connectivity index (χ1) is 15.7. The van der Waals surface area contributed by atoms with Gasteiger partial charge >= 0.3 is 0 Å². The number of carbonyl (C=O) groups excluding carboxylic acids is 2. The van der Waals surface area contributed by atoms with Gasteiger partial charge in [-0.2, -0.15) is 0 Å². The molecule has 0 aliphatic carbocycles. The maximum atomic E-state index is 12.7. The van der Waals surface area contributed by atoms with E-state index in [2.05, 4.69) is 20.0 Å². The molecule has 2 heterocycles. The minimum atomic E-state index is -3.88. The molecular formula is C23H23N5O4S. The lowest BCUT2D eigenvalue weighted by Crippen LogP contribution is -2.28. The van der Waals surface area contributed by atoms with E-state index in [9.17, 15) is 18.0 Å². The molecule has 33 heavy (non-hydrogen) atoms. The number of aromatic nitrogens is 2. The number of carbonyl (C=O) groups is 2. The van der Waals surface area contributed by atoms with Crippen molar-refractivity contribution in [2.45, 2.75) is 25.2 Å². The van der Waals surface area contributed by atoms with Gasteiger partial charge in [-0.15, -0.1) is 0 Å². The fourth-order valence-electron chi connectivity index (χ4n) is 3.62. The average molecular weight is 466 g/mol. The molecule has 1 atom stereocenters. The third-order valence-electron chi connectivity index (χ3n) is 5.35. The van der Waals surface area contributed by atoms with Gasteiger partial charge in [0.15, 0.2) is 0 Å². The van der Waals surface area contributed by atoms with Crippen molar-refractivity contribution in [3.8, 4) is 0 Å². The molecule has 3 aromatic rings. The summed E-state index contributed by atoms with van der Waals surface area (Å²) in [7, 11) is -3.88. The zero-order valence-corrected chi connectivity index (χ0v) is 19.0. The third kappa shape index (κ3) is 5.01. The van der Waals surface area contributed by atoms with Crippen molar-refractivity contribution in [3.05, 3.63) is 72.1 Å². The molecule has 2 aromatic carbocycles. The van der Waals surface area contributed by atoms with Crippen LogP contribution in [-0.2, 0) is 19.6 Å². The van der Waals surface area contributed by atoms with Crippen molar-refractivity contribution in [2.24, 2.45) is 5.92 Å². The zero-order valence-electron chi connectivity index (χ0n) is 18.1. The molecule has 4 rings (SSSR count). The van der Waals surface area contributed by atoms with E-state index in [-0.39, 0.29) is 29.1 Å². The van der Waals surface area contributed by atoms with Crippen molar-refractivity contribution < 1.29 is 18.0 Å². The van der Waals surface area contributed by atoms with Crippen LogP contribution in [0.1, 0.15) is 17.7 Å². The molecule has 170 valence electrons. The predicted octanol–water partition coefficient (Wildman–Crippen LogP) is 2.89. The number of para-hydroxylation sites is 1. The molecule has 0 bridgehead atoms. The fraction of sp³-hybridized carbons (Fsp3) is 0.217. The molecule has 1 fully saturated rings. The Morgan fingerprint density at radius 1 is 1.06 bits per heavy atom. The number of rotatable bonds is 6. The Balaban J connectivity index is 1.41. The lowest BCUT2D eigenvalue weighted by Gasteiger charge is -2.19. The van der Waals surface area contributed by atoms with E-state index >= 15 is 0 Å². The van der Waals surface area contributed by atoms with Crippen LogP contribution in [0.3, 0.4) is 0 Å². The highest BCUT2D eigenvalue weighted by atomic mass is 32.2. The van der Waals surface area contributed by atoms with E-state index in [0.717, 1.165) is 11.3 Å². The lowest BCUT2D eigenvalue weighted by molar-refractivity contribution is -0.122. The van der Waals surface area contributed by atoms with Crippen LogP contribution in [0.2, 0.25) is 0 Å². The Bertz CT molecular complexity index is 1310. The molecule has 1 unspecified atom stereocenters. The summed E-state index contributed by atoms with van der Waals surface area (Å²) in [5.41, 5.74) is 2.84. The van der Waals surface area contributed by atoms with Gasteiger partial charge in [-0.1, -0.05) is 18.2 Å². The molecule has 2 N–H and O–H groups in total. The third-order valence-corrected chi connectivity index (χ3v) is 6.70. The Kier molecular flexibility index (Phi) is 6.10. The molecule has 2 amide bonds. The Hall–Kier alpha value is -3.79. The molecule has 1 aliphatic heterocycles. The lowest BCUT2D eigenvalue weighted by atomic mass is 10.1. The van der Waals surface area contributed by atoms with E-state index in [1.807, 2.05) is 31.2 Å². The highest BCUT2D eigenvalue weighted by molar-refractivity contribution is 7.92. The van der Waals surface area contributed by atoms with Gasteiger partial charge in [-0.05, 0) is 55.8 Å². The van der Waals surface area contributed by atoms with Gasteiger partial charge in [-0.25, -0.2) is 23.1 Å². The smallest absolute Gasteiger partial charge is 0.264 e. The van der Waals surface area contributed by atoms with E-state index in [1.165, 1.54) is 30.5 Å². The quantitative estimate of drug-likeness (QED) is 0.577. The Labute approximate surface area is 191 Å². The summed E-state index contributed by atoms with van der Waals surface area (Å²) in [5, 5.41) is 2.77. The number of benzene rings is 2.